The van der Waals surface area contributed by atoms with Gasteiger partial charge in [0.1, 0.15) is 11.5 Å². The van der Waals surface area contributed by atoms with Gasteiger partial charge in [0, 0.05) is 18.8 Å². The molecule has 0 aliphatic carbocycles. The highest BCUT2D eigenvalue weighted by Crippen LogP contribution is 2.35. The van der Waals surface area contributed by atoms with Gasteiger partial charge in [-0.05, 0) is 43.7 Å². The highest BCUT2D eigenvalue weighted by atomic mass is 32.2. The minimum atomic E-state index is -3.79. The van der Waals surface area contributed by atoms with Gasteiger partial charge in [-0.2, -0.15) is 0 Å². The van der Waals surface area contributed by atoms with Crippen molar-refractivity contribution in [3.05, 3.63) is 53.9 Å². The number of nitrogens with one attached hydrogen (secondary N) is 1. The van der Waals surface area contributed by atoms with Crippen molar-refractivity contribution < 1.29 is 22.7 Å². The molecule has 0 spiro atoms. The molecule has 0 aromatic heterocycles. The number of amides is 1. The quantitative estimate of drug-likeness (QED) is 0.602. The van der Waals surface area contributed by atoms with Crippen LogP contribution >= 0.6 is 0 Å². The van der Waals surface area contributed by atoms with Crippen LogP contribution in [0, 0.1) is 0 Å². The molecule has 28 heavy (non-hydrogen) atoms. The van der Waals surface area contributed by atoms with E-state index in [9.17, 15) is 13.2 Å². The lowest BCUT2D eigenvalue weighted by molar-refractivity contribution is -0.107. The lowest BCUT2D eigenvalue weighted by Gasteiger charge is -2.17. The van der Waals surface area contributed by atoms with E-state index in [0.717, 1.165) is 6.42 Å². The molecule has 0 radical (unpaired) electrons. The third-order valence-corrected chi connectivity index (χ3v) is 5.14. The van der Waals surface area contributed by atoms with E-state index in [4.69, 9.17) is 9.47 Å². The van der Waals surface area contributed by atoms with Crippen molar-refractivity contribution in [2.75, 3.05) is 23.3 Å². The van der Waals surface area contributed by atoms with Gasteiger partial charge >= 0.3 is 0 Å². The topological polar surface area (TPSA) is 84.9 Å². The molecule has 7 nitrogen and oxygen atoms in total. The Kier molecular flexibility index (Phi) is 7.06. The Balaban J connectivity index is 2.39. The van der Waals surface area contributed by atoms with Gasteiger partial charge < -0.3 is 14.4 Å². The smallest absolute Gasteiger partial charge is 0.257 e. The van der Waals surface area contributed by atoms with Crippen LogP contribution in [0.1, 0.15) is 20.3 Å². The molecule has 0 atom stereocenters. The van der Waals surface area contributed by atoms with Crippen molar-refractivity contribution in [1.29, 1.82) is 0 Å². The van der Waals surface area contributed by atoms with E-state index in [0.29, 0.717) is 30.2 Å². The molecule has 0 fully saturated rings. The monoisotopic (exact) mass is 404 g/mol. The molecule has 1 amide bonds. The van der Waals surface area contributed by atoms with Crippen LogP contribution in [0.4, 0.5) is 11.4 Å². The number of carbonyl (C=O) groups excluding carboxylic acids is 1. The molecule has 1 N–H and O–H groups in total. The van der Waals surface area contributed by atoms with E-state index in [2.05, 4.69) is 11.3 Å². The van der Waals surface area contributed by atoms with E-state index in [1.165, 1.54) is 17.9 Å². The molecule has 0 saturated heterocycles. The largest absolute Gasteiger partial charge is 0.493 e. The van der Waals surface area contributed by atoms with Crippen molar-refractivity contribution in [3.8, 4) is 17.2 Å². The molecule has 150 valence electrons. The fourth-order valence-electron chi connectivity index (χ4n) is 2.17. The Morgan fingerprint density at radius 3 is 2.57 bits per heavy atom. The SMILES string of the molecule is C=C(C)S(=O)(=O)Nc1cc(N(C)C=O)ccc1Oc1cccc(OCCC)c1. The summed E-state index contributed by atoms with van der Waals surface area (Å²) >= 11 is 0. The van der Waals surface area contributed by atoms with Crippen LogP contribution in [-0.2, 0) is 14.8 Å². The molecule has 2 aromatic rings. The average molecular weight is 404 g/mol. The summed E-state index contributed by atoms with van der Waals surface area (Å²) in [4.78, 5) is 12.3. The summed E-state index contributed by atoms with van der Waals surface area (Å²) in [6, 6.07) is 11.8. The van der Waals surface area contributed by atoms with Gasteiger partial charge in [0.05, 0.1) is 17.2 Å². The Bertz CT molecular complexity index is 957. The molecule has 8 heteroatoms. The number of anilines is 2. The van der Waals surface area contributed by atoms with E-state index >= 15 is 0 Å². The lowest BCUT2D eigenvalue weighted by Crippen LogP contribution is -2.16. The van der Waals surface area contributed by atoms with E-state index in [1.54, 1.807) is 37.4 Å². The summed E-state index contributed by atoms with van der Waals surface area (Å²) in [5, 5.41) is 0. The zero-order valence-electron chi connectivity index (χ0n) is 16.1. The summed E-state index contributed by atoms with van der Waals surface area (Å²) in [7, 11) is -2.23. The molecule has 0 aliphatic rings. The molecule has 2 aromatic carbocycles. The van der Waals surface area contributed by atoms with Crippen LogP contribution in [0.2, 0.25) is 0 Å². The third-order valence-electron chi connectivity index (χ3n) is 3.74. The first-order chi connectivity index (χ1) is 13.3. The Hall–Kier alpha value is -3.00. The number of allylic oxidation sites excluding steroid dienone is 1. The maximum atomic E-state index is 12.3. The predicted molar refractivity (Wildman–Crippen MR) is 111 cm³/mol. The second-order valence-electron chi connectivity index (χ2n) is 6.13. The molecule has 0 unspecified atom stereocenters. The maximum Gasteiger partial charge on any atom is 0.257 e. The van der Waals surface area contributed by atoms with Crippen LogP contribution < -0.4 is 19.1 Å². The fourth-order valence-corrected chi connectivity index (χ4v) is 2.80. The molecular weight excluding hydrogens is 380 g/mol. The van der Waals surface area contributed by atoms with E-state index < -0.39 is 10.0 Å². The van der Waals surface area contributed by atoms with Gasteiger partial charge in [0.15, 0.2) is 5.75 Å². The summed E-state index contributed by atoms with van der Waals surface area (Å²) < 4.78 is 38.4. The number of ether oxygens (including phenoxy) is 2. The number of hydrogen-bond acceptors (Lipinski definition) is 5. The van der Waals surface area contributed by atoms with Crippen molar-refractivity contribution >= 4 is 27.8 Å². The van der Waals surface area contributed by atoms with E-state index in [1.807, 2.05) is 13.0 Å². The number of hydrogen-bond donors (Lipinski definition) is 1. The normalized spacial score (nSPS) is 10.8. The minimum Gasteiger partial charge on any atom is -0.493 e. The molecular formula is C20H24N2O5S. The van der Waals surface area contributed by atoms with Crippen LogP contribution in [0.5, 0.6) is 17.2 Å². The summed E-state index contributed by atoms with van der Waals surface area (Å²) in [6.07, 6.45) is 1.51. The zero-order valence-corrected chi connectivity index (χ0v) is 17.0. The number of carbonyl (C=O) groups is 1. The van der Waals surface area contributed by atoms with Crippen molar-refractivity contribution in [3.63, 3.8) is 0 Å². The standard InChI is InChI=1S/C20H24N2O5S/c1-5-11-26-17-7-6-8-18(13-17)27-20-10-9-16(22(4)14-23)12-19(20)21-28(24,25)15(2)3/h6-10,12-14,21H,2,5,11H2,1,3-4H3. The minimum absolute atomic E-state index is 0.0393. The highest BCUT2D eigenvalue weighted by Gasteiger charge is 2.17. The third kappa shape index (κ3) is 5.50. The van der Waals surface area contributed by atoms with Crippen molar-refractivity contribution in [1.82, 2.24) is 0 Å². The van der Waals surface area contributed by atoms with E-state index in [-0.39, 0.29) is 16.3 Å². The van der Waals surface area contributed by atoms with Gasteiger partial charge in [-0.25, -0.2) is 8.42 Å². The Morgan fingerprint density at radius 1 is 1.21 bits per heavy atom. The van der Waals surface area contributed by atoms with Gasteiger partial charge in [0.25, 0.3) is 10.0 Å². The molecule has 0 saturated carbocycles. The van der Waals surface area contributed by atoms with Gasteiger partial charge in [0.2, 0.25) is 6.41 Å². The molecule has 0 bridgehead atoms. The average Bonchev–Trinajstić information content (AvgIpc) is 2.67. The first kappa shape index (κ1) is 21.3. The summed E-state index contributed by atoms with van der Waals surface area (Å²) in [5.74, 6) is 1.42. The summed E-state index contributed by atoms with van der Waals surface area (Å²) in [5.41, 5.74) is 0.691. The maximum absolute atomic E-state index is 12.3. The first-order valence-corrected chi connectivity index (χ1v) is 10.2. The van der Waals surface area contributed by atoms with Crippen LogP contribution in [-0.4, -0.2) is 28.5 Å². The van der Waals surface area contributed by atoms with Crippen LogP contribution in [0.15, 0.2) is 53.9 Å². The number of benzene rings is 2. The highest BCUT2D eigenvalue weighted by molar-refractivity contribution is 7.96. The first-order valence-electron chi connectivity index (χ1n) is 8.68. The second-order valence-corrected chi connectivity index (χ2v) is 8.04. The summed E-state index contributed by atoms with van der Waals surface area (Å²) in [6.45, 7) is 7.46. The number of sulfonamides is 1. The molecule has 2 rings (SSSR count). The van der Waals surface area contributed by atoms with Gasteiger partial charge in [-0.3, -0.25) is 9.52 Å². The van der Waals surface area contributed by atoms with Crippen LogP contribution in [0.25, 0.3) is 0 Å². The van der Waals surface area contributed by atoms with Crippen LogP contribution in [0.3, 0.4) is 0 Å². The Morgan fingerprint density at radius 2 is 1.93 bits per heavy atom. The number of nitrogens with zero attached hydrogens (tertiary/aromatic N) is 1. The molecule has 0 aliphatic heterocycles. The Labute approximate surface area is 165 Å². The number of rotatable bonds is 10. The predicted octanol–water partition coefficient (Wildman–Crippen LogP) is 4.14. The van der Waals surface area contributed by atoms with Gasteiger partial charge in [-0.1, -0.05) is 19.6 Å². The van der Waals surface area contributed by atoms with Crippen molar-refractivity contribution in [2.45, 2.75) is 20.3 Å². The second kappa shape index (κ2) is 9.27. The van der Waals surface area contributed by atoms with Gasteiger partial charge in [-0.15, -0.1) is 0 Å². The zero-order chi connectivity index (χ0) is 20.7. The van der Waals surface area contributed by atoms with Crippen molar-refractivity contribution in [2.24, 2.45) is 0 Å². The fraction of sp³-hybridized carbons (Fsp3) is 0.250. The lowest BCUT2D eigenvalue weighted by atomic mass is 10.2. The molecule has 0 heterocycles.